The van der Waals surface area contributed by atoms with Crippen LogP contribution in [-0.2, 0) is 9.53 Å². The third-order valence-electron chi connectivity index (χ3n) is 2.10. The van der Waals surface area contributed by atoms with Gasteiger partial charge in [0.05, 0.1) is 6.61 Å². The molecule has 0 aliphatic carbocycles. The minimum Gasteiger partial charge on any atom is -0.465 e. The topological polar surface area (TPSA) is 79.1 Å². The lowest BCUT2D eigenvalue weighted by Gasteiger charge is -2.19. The van der Waals surface area contributed by atoms with Crippen molar-refractivity contribution in [1.82, 2.24) is 10.2 Å². The van der Waals surface area contributed by atoms with Crippen LogP contribution in [0.15, 0.2) is 12.1 Å². The average Bonchev–Trinajstić information content (AvgIpc) is 2.36. The highest BCUT2D eigenvalue weighted by atomic mass is 16.5. The molecule has 1 aromatic rings. The van der Waals surface area contributed by atoms with Crippen LogP contribution in [0.1, 0.15) is 19.5 Å². The normalized spacial score (nSPS) is 9.47. The van der Waals surface area contributed by atoms with Crippen LogP contribution in [0.25, 0.3) is 0 Å². The molecule has 0 N–H and O–H groups in total. The molecule has 0 aliphatic heterocycles. The van der Waals surface area contributed by atoms with Crippen LogP contribution >= 0.6 is 0 Å². The van der Waals surface area contributed by atoms with Crippen molar-refractivity contribution in [3.05, 3.63) is 17.8 Å². The molecule has 1 rings (SSSR count). The fraction of sp³-hybridized carbons (Fsp3) is 0.455. The first-order valence-corrected chi connectivity index (χ1v) is 5.35. The zero-order valence-corrected chi connectivity index (χ0v) is 9.88. The molecule has 17 heavy (non-hydrogen) atoms. The number of aromatic nitrogens is 2. The summed E-state index contributed by atoms with van der Waals surface area (Å²) in [5.74, 6) is 0.250. The summed E-state index contributed by atoms with van der Waals surface area (Å²) in [6.45, 7) is 4.76. The number of carbonyl (C=O) groups is 1. The largest absolute Gasteiger partial charge is 0.465 e. The lowest BCUT2D eigenvalue weighted by atomic mass is 10.4. The first-order valence-electron chi connectivity index (χ1n) is 5.35. The van der Waals surface area contributed by atoms with E-state index >= 15 is 0 Å². The fourth-order valence-corrected chi connectivity index (χ4v) is 1.27. The number of nitrogens with zero attached hydrogens (tertiary/aromatic N) is 4. The van der Waals surface area contributed by atoms with Crippen molar-refractivity contribution < 1.29 is 9.53 Å². The minimum absolute atomic E-state index is 0.130. The lowest BCUT2D eigenvalue weighted by Crippen LogP contribution is -2.31. The number of carbonyl (C=O) groups excluding carboxylic acids is 1. The van der Waals surface area contributed by atoms with Crippen molar-refractivity contribution in [1.29, 1.82) is 5.26 Å². The standard InChI is InChI=1S/C11H14N4O2/c1-3-15(8-11(16)17-4-2)10-6-5-9(7-12)13-14-10/h5-6H,3-4,8H2,1-2H3. The van der Waals surface area contributed by atoms with E-state index in [-0.39, 0.29) is 18.2 Å². The highest BCUT2D eigenvalue weighted by molar-refractivity contribution is 5.75. The van der Waals surface area contributed by atoms with Crippen molar-refractivity contribution in [2.24, 2.45) is 0 Å². The highest BCUT2D eigenvalue weighted by Crippen LogP contribution is 2.08. The van der Waals surface area contributed by atoms with Crippen molar-refractivity contribution in [3.8, 4) is 6.07 Å². The number of nitriles is 1. The maximum Gasteiger partial charge on any atom is 0.325 e. The van der Waals surface area contributed by atoms with Crippen molar-refractivity contribution in [3.63, 3.8) is 0 Å². The van der Waals surface area contributed by atoms with Crippen LogP contribution < -0.4 is 4.90 Å². The number of esters is 1. The Kier molecular flexibility index (Phi) is 4.88. The molecule has 0 amide bonds. The number of likely N-dealkylation sites (N-methyl/N-ethyl adjacent to an activating group) is 1. The summed E-state index contributed by atoms with van der Waals surface area (Å²) in [5.41, 5.74) is 0.251. The van der Waals surface area contributed by atoms with Gasteiger partial charge < -0.3 is 9.64 Å². The molecular formula is C11H14N4O2. The number of ether oxygens (including phenoxy) is 1. The molecular weight excluding hydrogens is 220 g/mol. The second kappa shape index (κ2) is 6.43. The molecule has 0 radical (unpaired) electrons. The Labute approximate surface area is 99.8 Å². The summed E-state index contributed by atoms with van der Waals surface area (Å²) < 4.78 is 4.86. The smallest absolute Gasteiger partial charge is 0.325 e. The summed E-state index contributed by atoms with van der Waals surface area (Å²) in [4.78, 5) is 13.1. The zero-order chi connectivity index (χ0) is 12.7. The second-order valence-corrected chi connectivity index (χ2v) is 3.21. The quantitative estimate of drug-likeness (QED) is 0.699. The summed E-state index contributed by atoms with van der Waals surface area (Å²) in [5, 5.41) is 16.2. The molecule has 0 unspecified atom stereocenters. The van der Waals surface area contributed by atoms with Gasteiger partial charge in [0, 0.05) is 6.54 Å². The van der Waals surface area contributed by atoms with Gasteiger partial charge >= 0.3 is 5.97 Å². The molecule has 0 aromatic carbocycles. The molecule has 1 heterocycles. The highest BCUT2D eigenvalue weighted by Gasteiger charge is 2.12. The van der Waals surface area contributed by atoms with E-state index in [2.05, 4.69) is 10.2 Å². The van der Waals surface area contributed by atoms with Gasteiger partial charge in [0.1, 0.15) is 12.6 Å². The van der Waals surface area contributed by atoms with Gasteiger partial charge in [-0.25, -0.2) is 0 Å². The number of rotatable bonds is 5. The van der Waals surface area contributed by atoms with Gasteiger partial charge in [0.15, 0.2) is 11.5 Å². The lowest BCUT2D eigenvalue weighted by molar-refractivity contribution is -0.141. The van der Waals surface area contributed by atoms with Gasteiger partial charge in [-0.1, -0.05) is 0 Å². The van der Waals surface area contributed by atoms with Crippen LogP contribution in [-0.4, -0.2) is 35.9 Å². The molecule has 90 valence electrons. The Morgan fingerprint density at radius 1 is 1.47 bits per heavy atom. The predicted molar refractivity (Wildman–Crippen MR) is 61.3 cm³/mol. The third kappa shape index (κ3) is 3.72. The monoisotopic (exact) mass is 234 g/mol. The van der Waals surface area contributed by atoms with Gasteiger partial charge in [-0.05, 0) is 26.0 Å². The Morgan fingerprint density at radius 3 is 2.71 bits per heavy atom. The van der Waals surface area contributed by atoms with E-state index in [1.807, 2.05) is 13.0 Å². The van der Waals surface area contributed by atoms with E-state index in [9.17, 15) is 4.79 Å². The molecule has 1 aromatic heterocycles. The van der Waals surface area contributed by atoms with Crippen LogP contribution in [0.3, 0.4) is 0 Å². The Balaban J connectivity index is 2.72. The van der Waals surface area contributed by atoms with Crippen molar-refractivity contribution in [2.75, 3.05) is 24.6 Å². The molecule has 0 bridgehead atoms. The van der Waals surface area contributed by atoms with Crippen molar-refractivity contribution in [2.45, 2.75) is 13.8 Å². The summed E-state index contributed by atoms with van der Waals surface area (Å²) in [6, 6.07) is 5.12. The van der Waals surface area contributed by atoms with E-state index in [0.29, 0.717) is 19.0 Å². The Bertz CT molecular complexity index is 410. The van der Waals surface area contributed by atoms with E-state index in [0.717, 1.165) is 0 Å². The van der Waals surface area contributed by atoms with Gasteiger partial charge in [-0.15, -0.1) is 10.2 Å². The number of anilines is 1. The fourth-order valence-electron chi connectivity index (χ4n) is 1.27. The van der Waals surface area contributed by atoms with Crippen molar-refractivity contribution >= 4 is 11.8 Å². The van der Waals surface area contributed by atoms with Crippen LogP contribution in [0.5, 0.6) is 0 Å². The summed E-state index contributed by atoms with van der Waals surface area (Å²) in [6.07, 6.45) is 0. The Morgan fingerprint density at radius 2 is 2.24 bits per heavy atom. The maximum atomic E-state index is 11.3. The molecule has 6 heteroatoms. The molecule has 0 fully saturated rings. The predicted octanol–water partition coefficient (Wildman–Crippen LogP) is 0.738. The SMILES string of the molecule is CCOC(=O)CN(CC)c1ccc(C#N)nn1. The zero-order valence-electron chi connectivity index (χ0n) is 9.88. The van der Waals surface area contributed by atoms with E-state index < -0.39 is 0 Å². The van der Waals surface area contributed by atoms with E-state index in [1.165, 1.54) is 0 Å². The molecule has 0 aliphatic rings. The van der Waals surface area contributed by atoms with Gasteiger partial charge in [-0.3, -0.25) is 4.79 Å². The summed E-state index contributed by atoms with van der Waals surface area (Å²) in [7, 11) is 0. The maximum absolute atomic E-state index is 11.3. The van der Waals surface area contributed by atoms with Crippen LogP contribution in [0, 0.1) is 11.3 Å². The molecule has 0 saturated heterocycles. The first kappa shape index (κ1) is 12.9. The van der Waals surface area contributed by atoms with Gasteiger partial charge in [0.25, 0.3) is 0 Å². The summed E-state index contributed by atoms with van der Waals surface area (Å²) >= 11 is 0. The molecule has 0 atom stereocenters. The second-order valence-electron chi connectivity index (χ2n) is 3.21. The minimum atomic E-state index is -0.305. The number of hydrogen-bond acceptors (Lipinski definition) is 6. The van der Waals surface area contributed by atoms with E-state index in [4.69, 9.17) is 10.00 Å². The number of hydrogen-bond donors (Lipinski definition) is 0. The molecule has 0 saturated carbocycles. The van der Waals surface area contributed by atoms with Gasteiger partial charge in [-0.2, -0.15) is 5.26 Å². The van der Waals surface area contributed by atoms with Crippen LogP contribution in [0.2, 0.25) is 0 Å². The third-order valence-corrected chi connectivity index (χ3v) is 2.10. The average molecular weight is 234 g/mol. The van der Waals surface area contributed by atoms with Crippen LogP contribution in [0.4, 0.5) is 5.82 Å². The first-order chi connectivity index (χ1) is 8.21. The molecule has 6 nitrogen and oxygen atoms in total. The molecule has 0 spiro atoms. The Hall–Kier alpha value is -2.16. The van der Waals surface area contributed by atoms with E-state index in [1.54, 1.807) is 24.0 Å². The van der Waals surface area contributed by atoms with Gasteiger partial charge in [0.2, 0.25) is 0 Å².